The number of hydrogen-bond acceptors (Lipinski definition) is 4. The minimum atomic E-state index is -0.787. The van der Waals surface area contributed by atoms with Crippen LogP contribution in [0.15, 0.2) is 24.3 Å². The van der Waals surface area contributed by atoms with Crippen molar-refractivity contribution in [3.8, 4) is 11.5 Å². The smallest absolute Gasteiger partial charge is 0.303 e. The van der Waals surface area contributed by atoms with Gasteiger partial charge in [0.15, 0.2) is 0 Å². The second-order valence-electron chi connectivity index (χ2n) is 16.3. The van der Waals surface area contributed by atoms with E-state index in [1.165, 1.54) is 57.8 Å². The summed E-state index contributed by atoms with van der Waals surface area (Å²) in [6.45, 7) is 21.2. The van der Waals surface area contributed by atoms with Gasteiger partial charge < -0.3 is 20.4 Å². The summed E-state index contributed by atoms with van der Waals surface area (Å²) in [5, 5.41) is 38.5. The lowest BCUT2D eigenvalue weighted by molar-refractivity contribution is -0.138. The molecular weight excluding hydrogens is 636 g/mol. The Balaban J connectivity index is 0.000000770. The molecule has 0 atom stereocenters. The van der Waals surface area contributed by atoms with Crippen molar-refractivity contribution >= 4 is 11.9 Å². The average Bonchev–Trinajstić information content (AvgIpc) is 3.05. The maximum atomic E-state index is 10.7. The highest BCUT2D eigenvalue weighted by Crippen LogP contribution is 2.36. The highest BCUT2D eigenvalue weighted by Gasteiger charge is 2.22. The first-order chi connectivity index (χ1) is 23.9. The fraction of sp³-hybridized carbons (Fsp3) is 0.689. The summed E-state index contributed by atoms with van der Waals surface area (Å²) in [6, 6.07) is 7.83. The van der Waals surface area contributed by atoms with Crippen molar-refractivity contribution in [3.05, 3.63) is 57.6 Å². The van der Waals surface area contributed by atoms with Crippen LogP contribution in [0.2, 0.25) is 0 Å². The molecule has 0 fully saturated rings. The van der Waals surface area contributed by atoms with Crippen LogP contribution in [0.5, 0.6) is 11.5 Å². The number of carbonyl (C=O) groups is 2. The molecule has 2 aromatic carbocycles. The van der Waals surface area contributed by atoms with Gasteiger partial charge in [-0.15, -0.1) is 0 Å². The quantitative estimate of drug-likeness (QED) is 0.102. The summed E-state index contributed by atoms with van der Waals surface area (Å²) < 4.78 is 0. The Kier molecular flexibility index (Phi) is 24.3. The van der Waals surface area contributed by atoms with E-state index in [4.69, 9.17) is 10.2 Å². The molecule has 2 rings (SSSR count). The fourth-order valence-corrected chi connectivity index (χ4v) is 5.96. The number of unbranched alkanes of at least 4 members (excludes halogenated alkanes) is 10. The van der Waals surface area contributed by atoms with Crippen LogP contribution >= 0.6 is 0 Å². The van der Waals surface area contributed by atoms with E-state index in [1.807, 2.05) is 24.3 Å². The molecule has 0 saturated carbocycles. The number of aromatic hydroxyl groups is 2. The topological polar surface area (TPSA) is 115 Å². The largest absolute Gasteiger partial charge is 0.507 e. The normalized spacial score (nSPS) is 11.3. The number of aliphatic carboxylic acids is 2. The number of aryl methyl sites for hydroxylation is 4. The van der Waals surface area contributed by atoms with E-state index in [0.717, 1.165) is 71.9 Å². The van der Waals surface area contributed by atoms with Gasteiger partial charge in [-0.3, -0.25) is 9.59 Å². The van der Waals surface area contributed by atoms with Crippen molar-refractivity contribution in [3.63, 3.8) is 0 Å². The molecule has 6 nitrogen and oxygen atoms in total. The number of rotatable bonds is 20. The van der Waals surface area contributed by atoms with Crippen LogP contribution in [0, 0.1) is 0 Å². The molecular formula is C45H76O6. The Labute approximate surface area is 312 Å². The van der Waals surface area contributed by atoms with Gasteiger partial charge in [0.2, 0.25) is 0 Å². The zero-order valence-electron chi connectivity index (χ0n) is 34.3. The fourth-order valence-electron chi connectivity index (χ4n) is 5.96. The first-order valence-corrected chi connectivity index (χ1v) is 20.1. The Hall–Kier alpha value is -3.02. The van der Waals surface area contributed by atoms with Crippen LogP contribution < -0.4 is 0 Å². The molecule has 0 radical (unpaired) electrons. The van der Waals surface area contributed by atoms with E-state index in [-0.39, 0.29) is 23.7 Å². The predicted octanol–water partition coefficient (Wildman–Crippen LogP) is 12.6. The van der Waals surface area contributed by atoms with E-state index in [1.54, 1.807) is 0 Å². The monoisotopic (exact) mass is 713 g/mol. The maximum Gasteiger partial charge on any atom is 0.303 e. The first-order valence-electron chi connectivity index (χ1n) is 20.1. The standard InChI is InChI=1S/2C17H26O3.C11H24/c2*1-5-6-7-13-10-12(8-9-15(18)19)11-14(16(13)20)17(2,3)4;1-3-5-7-9-11-10-8-6-4-2/h2*10-11,20H,5-9H2,1-4H3,(H,18,19);3-11H2,1-2H3. The van der Waals surface area contributed by atoms with Crippen LogP contribution in [0.4, 0.5) is 0 Å². The van der Waals surface area contributed by atoms with Crippen molar-refractivity contribution in [2.24, 2.45) is 0 Å². The minimum Gasteiger partial charge on any atom is -0.507 e. The van der Waals surface area contributed by atoms with Crippen molar-refractivity contribution in [1.82, 2.24) is 0 Å². The zero-order valence-corrected chi connectivity index (χ0v) is 34.3. The SMILES string of the molecule is CCCCCCCCCCC.CCCCc1cc(CCC(=O)O)cc(C(C)(C)C)c1O.CCCCc1cc(CCC(=O)O)cc(C(C)(C)C)c1O. The third-order valence-electron chi connectivity index (χ3n) is 9.17. The third kappa shape index (κ3) is 21.2. The van der Waals surface area contributed by atoms with E-state index in [0.29, 0.717) is 24.3 Å². The second kappa shape index (κ2) is 25.9. The zero-order chi connectivity index (χ0) is 39.0. The van der Waals surface area contributed by atoms with Crippen LogP contribution in [0.1, 0.15) is 199 Å². The molecule has 4 N–H and O–H groups in total. The molecule has 51 heavy (non-hydrogen) atoms. The summed E-state index contributed by atoms with van der Waals surface area (Å²) >= 11 is 0. The Bertz CT molecular complexity index is 1170. The number of carboxylic acids is 2. The Morgan fingerprint density at radius 2 is 0.765 bits per heavy atom. The van der Waals surface area contributed by atoms with Crippen LogP contribution in [-0.4, -0.2) is 32.4 Å². The molecule has 0 spiro atoms. The summed E-state index contributed by atoms with van der Waals surface area (Å²) in [5.74, 6) is -0.814. The van der Waals surface area contributed by atoms with Crippen molar-refractivity contribution in [1.29, 1.82) is 0 Å². The van der Waals surface area contributed by atoms with Crippen LogP contribution in [0.3, 0.4) is 0 Å². The highest BCUT2D eigenvalue weighted by atomic mass is 16.4. The van der Waals surface area contributed by atoms with Gasteiger partial charge in [0.1, 0.15) is 11.5 Å². The van der Waals surface area contributed by atoms with Gasteiger partial charge in [-0.2, -0.15) is 0 Å². The molecule has 0 aliphatic rings. The van der Waals surface area contributed by atoms with E-state index < -0.39 is 11.9 Å². The molecule has 6 heteroatoms. The highest BCUT2D eigenvalue weighted by molar-refractivity contribution is 5.67. The van der Waals surface area contributed by atoms with E-state index in [2.05, 4.69) is 69.2 Å². The maximum absolute atomic E-state index is 10.7. The Morgan fingerprint density at radius 3 is 1.02 bits per heavy atom. The van der Waals surface area contributed by atoms with E-state index in [9.17, 15) is 19.8 Å². The lowest BCUT2D eigenvalue weighted by Crippen LogP contribution is -2.13. The molecule has 0 aliphatic carbocycles. The lowest BCUT2D eigenvalue weighted by atomic mass is 9.83. The summed E-state index contributed by atoms with van der Waals surface area (Å²) in [6.07, 6.45) is 20.1. The van der Waals surface area contributed by atoms with Gasteiger partial charge in [0.05, 0.1) is 0 Å². The Morgan fingerprint density at radius 1 is 0.471 bits per heavy atom. The molecule has 0 heterocycles. The molecule has 0 aliphatic heterocycles. The number of benzene rings is 2. The molecule has 2 aromatic rings. The van der Waals surface area contributed by atoms with Crippen LogP contribution in [0.25, 0.3) is 0 Å². The van der Waals surface area contributed by atoms with Gasteiger partial charge in [-0.05, 0) is 82.7 Å². The van der Waals surface area contributed by atoms with Gasteiger partial charge in [-0.1, -0.05) is 164 Å². The van der Waals surface area contributed by atoms with Crippen molar-refractivity contribution < 1.29 is 30.0 Å². The van der Waals surface area contributed by atoms with Crippen LogP contribution in [-0.2, 0) is 46.1 Å². The van der Waals surface area contributed by atoms with Crippen molar-refractivity contribution in [2.45, 2.75) is 202 Å². The van der Waals surface area contributed by atoms with E-state index >= 15 is 0 Å². The summed E-state index contributed by atoms with van der Waals surface area (Å²) in [7, 11) is 0. The van der Waals surface area contributed by atoms with Gasteiger partial charge in [0.25, 0.3) is 0 Å². The molecule has 292 valence electrons. The number of carboxylic acid groups (broad SMARTS) is 2. The minimum absolute atomic E-state index is 0.127. The molecule has 0 unspecified atom stereocenters. The number of phenols is 2. The number of hydrogen-bond donors (Lipinski definition) is 4. The first kappa shape index (κ1) is 48.0. The van der Waals surface area contributed by atoms with Gasteiger partial charge >= 0.3 is 11.9 Å². The lowest BCUT2D eigenvalue weighted by Gasteiger charge is -2.23. The predicted molar refractivity (Wildman–Crippen MR) is 216 cm³/mol. The number of phenolic OH excluding ortho intramolecular Hbond substituents is 2. The summed E-state index contributed by atoms with van der Waals surface area (Å²) in [5.41, 5.74) is 5.41. The molecule has 0 amide bonds. The summed E-state index contributed by atoms with van der Waals surface area (Å²) in [4.78, 5) is 21.5. The molecule has 0 saturated heterocycles. The second-order valence-corrected chi connectivity index (χ2v) is 16.3. The molecule has 0 aromatic heterocycles. The van der Waals surface area contributed by atoms with Crippen molar-refractivity contribution in [2.75, 3.05) is 0 Å². The van der Waals surface area contributed by atoms with Gasteiger partial charge in [-0.25, -0.2) is 0 Å². The van der Waals surface area contributed by atoms with Gasteiger partial charge in [0, 0.05) is 12.8 Å². The average molecular weight is 713 g/mol. The third-order valence-corrected chi connectivity index (χ3v) is 9.17. The molecule has 0 bridgehead atoms.